The standard InChI is InChI=1S/C15H19BrN2O/c16-12-4-1-3-11(9-12)10-15(19)18-8-7-17-13-5-2-6-14(13)18/h1,3-4,9,13-14,17H,2,5-8,10H2. The predicted molar refractivity (Wildman–Crippen MR) is 79.0 cm³/mol. The zero-order valence-corrected chi connectivity index (χ0v) is 12.5. The molecule has 2 unspecified atom stereocenters. The van der Waals surface area contributed by atoms with Gasteiger partial charge < -0.3 is 10.2 Å². The Labute approximate surface area is 122 Å². The third-order valence-electron chi connectivity index (χ3n) is 4.20. The smallest absolute Gasteiger partial charge is 0.227 e. The summed E-state index contributed by atoms with van der Waals surface area (Å²) in [6.45, 7) is 1.79. The Hall–Kier alpha value is -0.870. The van der Waals surface area contributed by atoms with Gasteiger partial charge in [-0.15, -0.1) is 0 Å². The van der Waals surface area contributed by atoms with Crippen LogP contribution in [0.2, 0.25) is 0 Å². The maximum absolute atomic E-state index is 12.5. The number of nitrogens with one attached hydrogen (secondary N) is 1. The zero-order valence-electron chi connectivity index (χ0n) is 10.9. The molecule has 1 amide bonds. The number of fused-ring (bicyclic) bond motifs is 1. The summed E-state index contributed by atoms with van der Waals surface area (Å²) in [5, 5.41) is 3.54. The lowest BCUT2D eigenvalue weighted by molar-refractivity contribution is -0.134. The van der Waals surface area contributed by atoms with Gasteiger partial charge in [-0.1, -0.05) is 28.1 Å². The van der Waals surface area contributed by atoms with Crippen molar-refractivity contribution < 1.29 is 4.79 Å². The van der Waals surface area contributed by atoms with Gasteiger partial charge >= 0.3 is 0 Å². The van der Waals surface area contributed by atoms with E-state index in [9.17, 15) is 4.79 Å². The van der Waals surface area contributed by atoms with E-state index in [0.29, 0.717) is 18.5 Å². The van der Waals surface area contributed by atoms with Crippen LogP contribution in [-0.4, -0.2) is 36.0 Å². The first kappa shape index (κ1) is 13.1. The fourth-order valence-electron chi connectivity index (χ4n) is 3.32. The summed E-state index contributed by atoms with van der Waals surface area (Å²) >= 11 is 3.46. The summed E-state index contributed by atoms with van der Waals surface area (Å²) < 4.78 is 1.04. The molecule has 2 atom stereocenters. The van der Waals surface area contributed by atoms with E-state index >= 15 is 0 Å². The van der Waals surface area contributed by atoms with Crippen LogP contribution in [0.4, 0.5) is 0 Å². The third-order valence-corrected chi connectivity index (χ3v) is 4.70. The van der Waals surface area contributed by atoms with Crippen molar-refractivity contribution >= 4 is 21.8 Å². The molecule has 3 nitrogen and oxygen atoms in total. The van der Waals surface area contributed by atoms with Crippen LogP contribution in [-0.2, 0) is 11.2 Å². The SMILES string of the molecule is O=C(Cc1cccc(Br)c1)N1CCNC2CCCC21. The quantitative estimate of drug-likeness (QED) is 0.906. The second kappa shape index (κ2) is 5.63. The van der Waals surface area contributed by atoms with Gasteiger partial charge in [0.2, 0.25) is 5.91 Å². The van der Waals surface area contributed by atoms with Crippen LogP contribution in [0.15, 0.2) is 28.7 Å². The molecule has 4 heteroatoms. The number of piperazine rings is 1. The van der Waals surface area contributed by atoms with E-state index in [1.807, 2.05) is 24.3 Å². The number of hydrogen-bond acceptors (Lipinski definition) is 2. The average Bonchev–Trinajstić information content (AvgIpc) is 2.86. The lowest BCUT2D eigenvalue weighted by Crippen LogP contribution is -2.57. The molecule has 1 aliphatic carbocycles. The number of nitrogens with zero attached hydrogens (tertiary/aromatic N) is 1. The van der Waals surface area contributed by atoms with E-state index in [-0.39, 0.29) is 5.91 Å². The number of carbonyl (C=O) groups excluding carboxylic acids is 1. The number of benzene rings is 1. The summed E-state index contributed by atoms with van der Waals surface area (Å²) in [6.07, 6.45) is 4.12. The van der Waals surface area contributed by atoms with Gasteiger partial charge in [-0.05, 0) is 37.0 Å². The zero-order chi connectivity index (χ0) is 13.2. The summed E-state index contributed by atoms with van der Waals surface area (Å²) in [5.74, 6) is 0.275. The van der Waals surface area contributed by atoms with Crippen LogP contribution >= 0.6 is 15.9 Å². The monoisotopic (exact) mass is 322 g/mol. The van der Waals surface area contributed by atoms with Crippen LogP contribution in [0, 0.1) is 0 Å². The number of carbonyl (C=O) groups is 1. The molecule has 1 N–H and O–H groups in total. The highest BCUT2D eigenvalue weighted by atomic mass is 79.9. The largest absolute Gasteiger partial charge is 0.337 e. The van der Waals surface area contributed by atoms with E-state index in [2.05, 4.69) is 26.1 Å². The summed E-state index contributed by atoms with van der Waals surface area (Å²) in [5.41, 5.74) is 1.09. The van der Waals surface area contributed by atoms with Crippen molar-refractivity contribution in [3.63, 3.8) is 0 Å². The van der Waals surface area contributed by atoms with E-state index < -0.39 is 0 Å². The molecule has 1 aromatic rings. The van der Waals surface area contributed by atoms with Gasteiger partial charge in [0.25, 0.3) is 0 Å². The van der Waals surface area contributed by atoms with Crippen LogP contribution in [0.3, 0.4) is 0 Å². The van der Waals surface area contributed by atoms with Gasteiger partial charge in [0.05, 0.1) is 6.42 Å². The molecule has 0 bridgehead atoms. The Kier molecular flexibility index (Phi) is 3.89. The molecule has 102 valence electrons. The summed E-state index contributed by atoms with van der Waals surface area (Å²) in [7, 11) is 0. The van der Waals surface area contributed by atoms with Gasteiger partial charge in [-0.2, -0.15) is 0 Å². The van der Waals surface area contributed by atoms with Crippen LogP contribution in [0.25, 0.3) is 0 Å². The highest BCUT2D eigenvalue weighted by molar-refractivity contribution is 9.10. The second-order valence-electron chi connectivity index (χ2n) is 5.45. The molecular weight excluding hydrogens is 304 g/mol. The lowest BCUT2D eigenvalue weighted by Gasteiger charge is -2.38. The van der Waals surface area contributed by atoms with Crippen molar-refractivity contribution in [1.29, 1.82) is 0 Å². The fraction of sp³-hybridized carbons (Fsp3) is 0.533. The minimum Gasteiger partial charge on any atom is -0.337 e. The Morgan fingerprint density at radius 2 is 2.32 bits per heavy atom. The molecule has 2 aliphatic rings. The van der Waals surface area contributed by atoms with Crippen molar-refractivity contribution in [2.24, 2.45) is 0 Å². The van der Waals surface area contributed by atoms with E-state index in [1.54, 1.807) is 0 Å². The van der Waals surface area contributed by atoms with Crippen LogP contribution in [0.5, 0.6) is 0 Å². The highest BCUT2D eigenvalue weighted by Crippen LogP contribution is 2.27. The normalized spacial score (nSPS) is 26.3. The van der Waals surface area contributed by atoms with Crippen molar-refractivity contribution in [3.8, 4) is 0 Å². The minimum absolute atomic E-state index is 0.275. The Morgan fingerprint density at radius 3 is 3.16 bits per heavy atom. The van der Waals surface area contributed by atoms with Gasteiger partial charge in [0.1, 0.15) is 0 Å². The Morgan fingerprint density at radius 1 is 1.42 bits per heavy atom. The van der Waals surface area contributed by atoms with Gasteiger partial charge in [-0.25, -0.2) is 0 Å². The summed E-state index contributed by atoms with van der Waals surface area (Å²) in [4.78, 5) is 14.6. The molecule has 19 heavy (non-hydrogen) atoms. The summed E-state index contributed by atoms with van der Waals surface area (Å²) in [6, 6.07) is 8.99. The predicted octanol–water partition coefficient (Wildman–Crippen LogP) is 2.34. The minimum atomic E-state index is 0.275. The van der Waals surface area contributed by atoms with Crippen molar-refractivity contribution in [1.82, 2.24) is 10.2 Å². The topological polar surface area (TPSA) is 32.3 Å². The van der Waals surface area contributed by atoms with Gasteiger partial charge in [-0.3, -0.25) is 4.79 Å². The number of halogens is 1. The third kappa shape index (κ3) is 2.84. The van der Waals surface area contributed by atoms with Crippen LogP contribution in [0.1, 0.15) is 24.8 Å². The van der Waals surface area contributed by atoms with Crippen molar-refractivity contribution in [2.75, 3.05) is 13.1 Å². The molecule has 3 rings (SSSR count). The number of amides is 1. The van der Waals surface area contributed by atoms with Gasteiger partial charge in [0.15, 0.2) is 0 Å². The number of hydrogen-bond donors (Lipinski definition) is 1. The van der Waals surface area contributed by atoms with Crippen molar-refractivity contribution in [2.45, 2.75) is 37.8 Å². The van der Waals surface area contributed by atoms with Crippen molar-refractivity contribution in [3.05, 3.63) is 34.3 Å². The molecule has 2 fully saturated rings. The van der Waals surface area contributed by atoms with Gasteiger partial charge in [0, 0.05) is 29.6 Å². The maximum Gasteiger partial charge on any atom is 0.227 e. The van der Waals surface area contributed by atoms with E-state index in [4.69, 9.17) is 0 Å². The first-order chi connectivity index (χ1) is 9.24. The van der Waals surface area contributed by atoms with E-state index in [0.717, 1.165) is 29.5 Å². The molecule has 0 spiro atoms. The molecule has 1 saturated heterocycles. The lowest BCUT2D eigenvalue weighted by atomic mass is 10.1. The molecular formula is C15H19BrN2O. The molecule has 1 heterocycles. The first-order valence-corrected chi connectivity index (χ1v) is 7.80. The molecule has 1 aliphatic heterocycles. The molecule has 1 saturated carbocycles. The fourth-order valence-corrected chi connectivity index (χ4v) is 3.77. The molecule has 0 radical (unpaired) electrons. The average molecular weight is 323 g/mol. The Bertz CT molecular complexity index is 477. The maximum atomic E-state index is 12.5. The first-order valence-electron chi connectivity index (χ1n) is 7.01. The van der Waals surface area contributed by atoms with E-state index in [1.165, 1.54) is 12.8 Å². The highest BCUT2D eigenvalue weighted by Gasteiger charge is 2.36. The molecule has 0 aromatic heterocycles. The molecule has 1 aromatic carbocycles. The number of rotatable bonds is 2. The Balaban J connectivity index is 1.69. The second-order valence-corrected chi connectivity index (χ2v) is 6.37. The van der Waals surface area contributed by atoms with Crippen LogP contribution < -0.4 is 5.32 Å².